The zero-order valence-corrected chi connectivity index (χ0v) is 20.4. The SMILES string of the molecule is CC(=O)N1CC=C(c2cc(C(F)(F)F)c3nc(C)cc(N[C@H](C)c4cccc(C(F)F)c4F)c3c2)CC1. The number of hydrogen-bond acceptors (Lipinski definition) is 3. The fourth-order valence-corrected chi connectivity index (χ4v) is 4.58. The number of fused-ring (bicyclic) bond motifs is 1. The molecule has 0 saturated carbocycles. The monoisotopic (exact) mass is 521 g/mol. The van der Waals surface area contributed by atoms with E-state index in [2.05, 4.69) is 10.3 Å². The van der Waals surface area contributed by atoms with Crippen LogP contribution in [0.1, 0.15) is 60.7 Å². The number of hydrogen-bond donors (Lipinski definition) is 1. The Morgan fingerprint density at radius 1 is 1.14 bits per heavy atom. The quantitative estimate of drug-likeness (QED) is 0.355. The number of halogens is 6. The molecule has 1 atom stereocenters. The van der Waals surface area contributed by atoms with E-state index in [1.165, 1.54) is 19.1 Å². The van der Waals surface area contributed by atoms with Gasteiger partial charge in [-0.2, -0.15) is 13.2 Å². The standard InChI is InChI=1S/C27H25F6N3O/c1-14-11-23(35-15(2)19-5-4-6-20(24(19)28)26(29)30)21-12-18(13-22(25(21)34-14)27(31,32)33)17-7-9-36(10-8-17)16(3)37/h4-7,11-13,15,26H,8-10H2,1-3H3,(H,34,35)/t15-/m1/s1. The summed E-state index contributed by atoms with van der Waals surface area (Å²) in [5, 5.41) is 3.18. The van der Waals surface area contributed by atoms with Crippen LogP contribution in [0.25, 0.3) is 16.5 Å². The number of anilines is 1. The number of aryl methyl sites for hydroxylation is 1. The molecular weight excluding hydrogens is 496 g/mol. The van der Waals surface area contributed by atoms with Gasteiger partial charge in [0, 0.05) is 42.3 Å². The lowest BCUT2D eigenvalue weighted by molar-refractivity contribution is -0.136. The van der Waals surface area contributed by atoms with E-state index in [-0.39, 0.29) is 34.6 Å². The predicted octanol–water partition coefficient (Wildman–Crippen LogP) is 7.45. The third-order valence-electron chi connectivity index (χ3n) is 6.50. The predicted molar refractivity (Wildman–Crippen MR) is 130 cm³/mol. The molecule has 0 unspecified atom stereocenters. The maximum Gasteiger partial charge on any atom is 0.418 e. The van der Waals surface area contributed by atoms with Crippen LogP contribution in [0, 0.1) is 12.7 Å². The molecule has 4 rings (SSSR count). The molecule has 196 valence electrons. The first kappa shape index (κ1) is 26.5. The van der Waals surface area contributed by atoms with E-state index in [0.29, 0.717) is 29.8 Å². The molecule has 37 heavy (non-hydrogen) atoms. The Morgan fingerprint density at radius 3 is 2.43 bits per heavy atom. The Morgan fingerprint density at radius 2 is 1.84 bits per heavy atom. The molecular formula is C27H25F6N3O. The van der Waals surface area contributed by atoms with Gasteiger partial charge in [0.25, 0.3) is 6.43 Å². The lowest BCUT2D eigenvalue weighted by Gasteiger charge is -2.26. The van der Waals surface area contributed by atoms with Crippen LogP contribution in [0.15, 0.2) is 42.5 Å². The third kappa shape index (κ3) is 5.42. The summed E-state index contributed by atoms with van der Waals surface area (Å²) < 4.78 is 83.6. The van der Waals surface area contributed by atoms with E-state index in [0.717, 1.165) is 12.1 Å². The topological polar surface area (TPSA) is 45.2 Å². The molecule has 1 N–H and O–H groups in total. The van der Waals surface area contributed by atoms with E-state index in [1.54, 1.807) is 37.0 Å². The van der Waals surface area contributed by atoms with Gasteiger partial charge >= 0.3 is 6.18 Å². The number of amides is 1. The van der Waals surface area contributed by atoms with E-state index in [1.807, 2.05) is 0 Å². The maximum absolute atomic E-state index is 14.8. The summed E-state index contributed by atoms with van der Waals surface area (Å²) in [5.41, 5.74) is -0.383. The number of carbonyl (C=O) groups excluding carboxylic acids is 1. The highest BCUT2D eigenvalue weighted by Gasteiger charge is 2.35. The summed E-state index contributed by atoms with van der Waals surface area (Å²) in [4.78, 5) is 17.4. The van der Waals surface area contributed by atoms with Crippen LogP contribution in [0.3, 0.4) is 0 Å². The number of benzene rings is 2. The second-order valence-corrected chi connectivity index (χ2v) is 9.09. The number of alkyl halides is 5. The van der Waals surface area contributed by atoms with Crippen molar-refractivity contribution in [3.05, 3.63) is 76.2 Å². The summed E-state index contributed by atoms with van der Waals surface area (Å²) in [6.07, 6.45) is -5.59. The zero-order chi connectivity index (χ0) is 27.1. The van der Waals surface area contributed by atoms with Crippen molar-refractivity contribution in [3.8, 4) is 0 Å². The highest BCUT2D eigenvalue weighted by atomic mass is 19.4. The normalized spacial score (nSPS) is 15.2. The van der Waals surface area contributed by atoms with Gasteiger partial charge in [0.05, 0.1) is 22.7 Å². The summed E-state index contributed by atoms with van der Waals surface area (Å²) >= 11 is 0. The number of nitrogens with zero attached hydrogens (tertiary/aromatic N) is 2. The van der Waals surface area contributed by atoms with Gasteiger partial charge in [-0.05, 0) is 49.6 Å². The molecule has 1 aromatic heterocycles. The molecule has 0 bridgehead atoms. The van der Waals surface area contributed by atoms with E-state index in [9.17, 15) is 31.1 Å². The van der Waals surface area contributed by atoms with Crippen molar-refractivity contribution >= 4 is 28.1 Å². The molecule has 0 fully saturated rings. The first-order chi connectivity index (χ1) is 17.4. The van der Waals surface area contributed by atoms with Crippen molar-refractivity contribution in [1.82, 2.24) is 9.88 Å². The molecule has 0 saturated heterocycles. The fraction of sp³-hybridized carbons (Fsp3) is 0.333. The molecule has 0 aliphatic carbocycles. The summed E-state index contributed by atoms with van der Waals surface area (Å²) in [6.45, 7) is 5.20. The first-order valence-electron chi connectivity index (χ1n) is 11.7. The zero-order valence-electron chi connectivity index (χ0n) is 20.4. The van der Waals surface area contributed by atoms with Crippen LogP contribution in [-0.2, 0) is 11.0 Å². The van der Waals surface area contributed by atoms with Crippen molar-refractivity contribution in [2.75, 3.05) is 18.4 Å². The van der Waals surface area contributed by atoms with Crippen molar-refractivity contribution in [2.45, 2.75) is 45.8 Å². The highest BCUT2D eigenvalue weighted by molar-refractivity contribution is 5.96. The van der Waals surface area contributed by atoms with Crippen molar-refractivity contribution < 1.29 is 31.1 Å². The van der Waals surface area contributed by atoms with Gasteiger partial charge < -0.3 is 10.2 Å². The van der Waals surface area contributed by atoms with E-state index < -0.39 is 35.6 Å². The van der Waals surface area contributed by atoms with Gasteiger partial charge in [-0.25, -0.2) is 13.2 Å². The summed E-state index contributed by atoms with van der Waals surface area (Å²) in [5.74, 6) is -1.18. The molecule has 10 heteroatoms. The molecule has 3 aromatic rings. The summed E-state index contributed by atoms with van der Waals surface area (Å²) in [6, 6.07) is 7.03. The number of rotatable bonds is 5. The Balaban J connectivity index is 1.83. The average Bonchev–Trinajstić information content (AvgIpc) is 2.82. The molecule has 0 radical (unpaired) electrons. The van der Waals surface area contributed by atoms with Crippen LogP contribution < -0.4 is 5.32 Å². The third-order valence-corrected chi connectivity index (χ3v) is 6.50. The summed E-state index contributed by atoms with van der Waals surface area (Å²) in [7, 11) is 0. The van der Waals surface area contributed by atoms with Gasteiger partial charge in [-0.15, -0.1) is 0 Å². The van der Waals surface area contributed by atoms with Crippen LogP contribution in [0.4, 0.5) is 32.0 Å². The molecule has 1 amide bonds. The Labute approximate surface area is 210 Å². The second kappa shape index (κ2) is 10.1. The van der Waals surface area contributed by atoms with Crippen LogP contribution in [0.5, 0.6) is 0 Å². The largest absolute Gasteiger partial charge is 0.418 e. The molecule has 2 aromatic carbocycles. The number of carbonyl (C=O) groups is 1. The first-order valence-corrected chi connectivity index (χ1v) is 11.7. The number of pyridine rings is 1. The molecule has 4 nitrogen and oxygen atoms in total. The van der Waals surface area contributed by atoms with Crippen molar-refractivity contribution in [3.63, 3.8) is 0 Å². The minimum absolute atomic E-state index is 0.0353. The Kier molecular flexibility index (Phi) is 7.21. The lowest BCUT2D eigenvalue weighted by Crippen LogP contribution is -2.32. The number of aromatic nitrogens is 1. The van der Waals surface area contributed by atoms with Crippen molar-refractivity contribution in [2.24, 2.45) is 0 Å². The van der Waals surface area contributed by atoms with Gasteiger partial charge in [-0.1, -0.05) is 24.3 Å². The molecule has 1 aliphatic heterocycles. The maximum atomic E-state index is 14.8. The van der Waals surface area contributed by atoms with Crippen LogP contribution in [0.2, 0.25) is 0 Å². The van der Waals surface area contributed by atoms with Gasteiger partial charge in [-0.3, -0.25) is 9.78 Å². The fourth-order valence-electron chi connectivity index (χ4n) is 4.58. The molecule has 0 spiro atoms. The van der Waals surface area contributed by atoms with E-state index in [4.69, 9.17) is 0 Å². The lowest BCUT2D eigenvalue weighted by atomic mass is 9.94. The van der Waals surface area contributed by atoms with E-state index >= 15 is 0 Å². The van der Waals surface area contributed by atoms with Gasteiger partial charge in [0.2, 0.25) is 5.91 Å². The Bertz CT molecular complexity index is 1380. The minimum Gasteiger partial charge on any atom is -0.378 e. The second-order valence-electron chi connectivity index (χ2n) is 9.09. The molecule has 2 heterocycles. The van der Waals surface area contributed by atoms with Crippen molar-refractivity contribution in [1.29, 1.82) is 0 Å². The highest BCUT2D eigenvalue weighted by Crippen LogP contribution is 2.40. The minimum atomic E-state index is -4.70. The van der Waals surface area contributed by atoms with Crippen LogP contribution >= 0.6 is 0 Å². The number of nitrogens with one attached hydrogen (secondary N) is 1. The van der Waals surface area contributed by atoms with Gasteiger partial charge in [0.1, 0.15) is 5.82 Å². The smallest absolute Gasteiger partial charge is 0.378 e. The van der Waals surface area contributed by atoms with Crippen LogP contribution in [-0.4, -0.2) is 28.9 Å². The Hall–Kier alpha value is -3.56. The average molecular weight is 522 g/mol. The van der Waals surface area contributed by atoms with Gasteiger partial charge in [0.15, 0.2) is 0 Å². The molecule has 1 aliphatic rings.